The summed E-state index contributed by atoms with van der Waals surface area (Å²) >= 11 is 3.35. The van der Waals surface area contributed by atoms with E-state index in [1.54, 1.807) is 13.0 Å². The molecule has 0 unspecified atom stereocenters. The lowest BCUT2D eigenvalue weighted by Gasteiger charge is -2.15. The van der Waals surface area contributed by atoms with Crippen LogP contribution in [0.5, 0.6) is 5.75 Å². The van der Waals surface area contributed by atoms with Crippen molar-refractivity contribution in [3.05, 3.63) is 58.1 Å². The number of rotatable bonds is 7. The average molecular weight is 420 g/mol. The topological polar surface area (TPSA) is 64.6 Å². The molecule has 1 atom stereocenters. The Morgan fingerprint density at radius 2 is 1.92 bits per heavy atom. The molecular formula is C20H22BrNO4. The van der Waals surface area contributed by atoms with Crippen LogP contribution in [-0.2, 0) is 14.3 Å². The number of ether oxygens (including phenoxy) is 2. The zero-order chi connectivity index (χ0) is 19.1. The summed E-state index contributed by atoms with van der Waals surface area (Å²) in [5.41, 5.74) is 2.71. The van der Waals surface area contributed by atoms with E-state index in [0.29, 0.717) is 5.75 Å². The molecule has 0 saturated carbocycles. The van der Waals surface area contributed by atoms with Gasteiger partial charge in [0.2, 0.25) is 0 Å². The van der Waals surface area contributed by atoms with E-state index in [1.165, 1.54) is 0 Å². The van der Waals surface area contributed by atoms with Gasteiger partial charge in [-0.05, 0) is 56.2 Å². The average Bonchev–Trinajstić information content (AvgIpc) is 2.58. The Bertz CT molecular complexity index is 791. The molecule has 1 amide bonds. The number of esters is 1. The second kappa shape index (κ2) is 9.38. The van der Waals surface area contributed by atoms with Crippen LogP contribution in [0.2, 0.25) is 0 Å². The summed E-state index contributed by atoms with van der Waals surface area (Å²) in [6, 6.07) is 13.1. The van der Waals surface area contributed by atoms with Gasteiger partial charge in [0.25, 0.3) is 5.91 Å². The molecule has 26 heavy (non-hydrogen) atoms. The third kappa shape index (κ3) is 6.19. The smallest absolute Gasteiger partial charge is 0.310 e. The second-order valence-electron chi connectivity index (χ2n) is 6.00. The van der Waals surface area contributed by atoms with Crippen molar-refractivity contribution in [1.82, 2.24) is 0 Å². The van der Waals surface area contributed by atoms with Crippen LogP contribution >= 0.6 is 15.9 Å². The Kier molecular flexibility index (Phi) is 7.21. The van der Waals surface area contributed by atoms with E-state index >= 15 is 0 Å². The molecule has 0 heterocycles. The number of anilines is 1. The standard InChI is InChI=1S/C20H22BrNO4/c1-13-7-8-14(2)18(11-13)22-20(24)15(3)26-19(23)9-10-25-17-6-4-5-16(21)12-17/h4-8,11-12,15H,9-10H2,1-3H3,(H,22,24)/t15-/m1/s1. The first-order valence-corrected chi connectivity index (χ1v) is 9.10. The Morgan fingerprint density at radius 3 is 2.65 bits per heavy atom. The molecular weight excluding hydrogens is 398 g/mol. The number of aryl methyl sites for hydroxylation is 2. The molecule has 5 nitrogen and oxygen atoms in total. The molecule has 0 aliphatic rings. The Labute approximate surface area is 161 Å². The van der Waals surface area contributed by atoms with E-state index in [1.807, 2.05) is 50.2 Å². The normalized spacial score (nSPS) is 11.5. The molecule has 0 radical (unpaired) electrons. The lowest BCUT2D eigenvalue weighted by atomic mass is 10.1. The van der Waals surface area contributed by atoms with Crippen molar-refractivity contribution in [3.63, 3.8) is 0 Å². The van der Waals surface area contributed by atoms with Crippen LogP contribution < -0.4 is 10.1 Å². The number of carbonyl (C=O) groups is 2. The summed E-state index contributed by atoms with van der Waals surface area (Å²) < 4.78 is 11.6. The first kappa shape index (κ1) is 20.0. The second-order valence-corrected chi connectivity index (χ2v) is 6.91. The van der Waals surface area contributed by atoms with Crippen molar-refractivity contribution in [1.29, 1.82) is 0 Å². The number of hydrogen-bond acceptors (Lipinski definition) is 4. The van der Waals surface area contributed by atoms with Crippen LogP contribution in [0.1, 0.15) is 24.5 Å². The molecule has 0 aliphatic carbocycles. The van der Waals surface area contributed by atoms with Crippen LogP contribution in [0.4, 0.5) is 5.69 Å². The van der Waals surface area contributed by atoms with Gasteiger partial charge in [-0.3, -0.25) is 9.59 Å². The number of amides is 1. The van der Waals surface area contributed by atoms with Gasteiger partial charge >= 0.3 is 5.97 Å². The van der Waals surface area contributed by atoms with Gasteiger partial charge in [0, 0.05) is 10.2 Å². The molecule has 0 aliphatic heterocycles. The van der Waals surface area contributed by atoms with E-state index in [2.05, 4.69) is 21.2 Å². The van der Waals surface area contributed by atoms with Gasteiger partial charge < -0.3 is 14.8 Å². The molecule has 0 fully saturated rings. The largest absolute Gasteiger partial charge is 0.493 e. The van der Waals surface area contributed by atoms with Crippen molar-refractivity contribution in [3.8, 4) is 5.75 Å². The summed E-state index contributed by atoms with van der Waals surface area (Å²) in [5.74, 6) is -0.184. The molecule has 2 rings (SSSR count). The van der Waals surface area contributed by atoms with Gasteiger partial charge in [-0.15, -0.1) is 0 Å². The first-order valence-electron chi connectivity index (χ1n) is 8.31. The van der Waals surface area contributed by atoms with Crippen molar-refractivity contribution >= 4 is 33.5 Å². The predicted octanol–water partition coefficient (Wildman–Crippen LogP) is 4.41. The lowest BCUT2D eigenvalue weighted by molar-refractivity contribution is -0.153. The van der Waals surface area contributed by atoms with Crippen LogP contribution in [0.3, 0.4) is 0 Å². The third-order valence-corrected chi connectivity index (χ3v) is 4.19. The number of hydrogen-bond donors (Lipinski definition) is 1. The highest BCUT2D eigenvalue weighted by Crippen LogP contribution is 2.18. The summed E-state index contributed by atoms with van der Waals surface area (Å²) in [6.07, 6.45) is -0.818. The van der Waals surface area contributed by atoms with Gasteiger partial charge in [0.15, 0.2) is 6.10 Å². The van der Waals surface area contributed by atoms with E-state index in [4.69, 9.17) is 9.47 Å². The lowest BCUT2D eigenvalue weighted by Crippen LogP contribution is -2.30. The van der Waals surface area contributed by atoms with E-state index in [9.17, 15) is 9.59 Å². The predicted molar refractivity (Wildman–Crippen MR) is 104 cm³/mol. The van der Waals surface area contributed by atoms with E-state index < -0.39 is 12.1 Å². The van der Waals surface area contributed by atoms with Gasteiger partial charge in [0.1, 0.15) is 5.75 Å². The van der Waals surface area contributed by atoms with Crippen LogP contribution in [0.15, 0.2) is 46.9 Å². The monoisotopic (exact) mass is 419 g/mol. The van der Waals surface area contributed by atoms with Gasteiger partial charge in [-0.2, -0.15) is 0 Å². The summed E-state index contributed by atoms with van der Waals surface area (Å²) in [4.78, 5) is 24.1. The molecule has 0 bridgehead atoms. The molecule has 2 aromatic rings. The Balaban J connectivity index is 1.78. The van der Waals surface area contributed by atoms with Gasteiger partial charge in [0.05, 0.1) is 13.0 Å². The zero-order valence-corrected chi connectivity index (χ0v) is 16.6. The fraction of sp³-hybridized carbons (Fsp3) is 0.300. The van der Waals surface area contributed by atoms with Gasteiger partial charge in [-0.25, -0.2) is 0 Å². The minimum absolute atomic E-state index is 0.0631. The fourth-order valence-electron chi connectivity index (χ4n) is 2.22. The highest BCUT2D eigenvalue weighted by atomic mass is 79.9. The van der Waals surface area contributed by atoms with Crippen molar-refractivity contribution in [2.24, 2.45) is 0 Å². The summed E-state index contributed by atoms with van der Waals surface area (Å²) in [7, 11) is 0. The SMILES string of the molecule is Cc1ccc(C)c(NC(=O)[C@@H](C)OC(=O)CCOc2cccc(Br)c2)c1. The number of nitrogens with one attached hydrogen (secondary N) is 1. The molecule has 138 valence electrons. The minimum Gasteiger partial charge on any atom is -0.493 e. The maximum atomic E-state index is 12.2. The highest BCUT2D eigenvalue weighted by molar-refractivity contribution is 9.10. The zero-order valence-electron chi connectivity index (χ0n) is 15.0. The minimum atomic E-state index is -0.881. The maximum Gasteiger partial charge on any atom is 0.310 e. The third-order valence-electron chi connectivity index (χ3n) is 3.70. The van der Waals surface area contributed by atoms with Gasteiger partial charge in [-0.1, -0.05) is 34.1 Å². The number of benzene rings is 2. The van der Waals surface area contributed by atoms with Crippen molar-refractivity contribution in [2.45, 2.75) is 33.3 Å². The molecule has 0 saturated heterocycles. The quantitative estimate of drug-likeness (QED) is 0.675. The van der Waals surface area contributed by atoms with Crippen LogP contribution in [0, 0.1) is 13.8 Å². The van der Waals surface area contributed by atoms with Crippen molar-refractivity contribution in [2.75, 3.05) is 11.9 Å². The van der Waals surface area contributed by atoms with E-state index in [0.717, 1.165) is 21.3 Å². The Hall–Kier alpha value is -2.34. The summed E-state index contributed by atoms with van der Waals surface area (Å²) in [6.45, 7) is 5.59. The fourth-order valence-corrected chi connectivity index (χ4v) is 2.60. The number of carbonyl (C=O) groups excluding carboxylic acids is 2. The van der Waals surface area contributed by atoms with Crippen LogP contribution in [-0.4, -0.2) is 24.6 Å². The summed E-state index contributed by atoms with van der Waals surface area (Å²) in [5, 5.41) is 2.79. The van der Waals surface area contributed by atoms with E-state index in [-0.39, 0.29) is 18.9 Å². The molecule has 6 heteroatoms. The first-order chi connectivity index (χ1) is 12.3. The van der Waals surface area contributed by atoms with Crippen molar-refractivity contribution < 1.29 is 19.1 Å². The number of halogens is 1. The molecule has 0 spiro atoms. The molecule has 0 aromatic heterocycles. The molecule has 2 aromatic carbocycles. The Morgan fingerprint density at radius 1 is 1.15 bits per heavy atom. The maximum absolute atomic E-state index is 12.2. The molecule has 1 N–H and O–H groups in total. The van der Waals surface area contributed by atoms with Crippen LogP contribution in [0.25, 0.3) is 0 Å². The highest BCUT2D eigenvalue weighted by Gasteiger charge is 2.18.